The average Bonchev–Trinajstić information content (AvgIpc) is 2.00. The summed E-state index contributed by atoms with van der Waals surface area (Å²) in [5.41, 5.74) is 4.73. The van der Waals surface area contributed by atoms with Crippen LogP contribution in [0.3, 0.4) is 0 Å². The SMILES string of the molecule is Cc1ccc2c(c1)C1CC(C1)C2C. The second kappa shape index (κ2) is 2.37. The Hall–Kier alpha value is -0.780. The van der Waals surface area contributed by atoms with Crippen LogP contribution in [0.5, 0.6) is 0 Å². The number of benzene rings is 1. The first-order valence-corrected chi connectivity index (χ1v) is 5.36. The smallest absolute Gasteiger partial charge is 0.0153 e. The summed E-state index contributed by atoms with van der Waals surface area (Å²) in [5, 5.41) is 0. The lowest BCUT2D eigenvalue weighted by Gasteiger charge is -2.47. The molecule has 1 fully saturated rings. The molecule has 1 unspecified atom stereocenters. The molecule has 13 heavy (non-hydrogen) atoms. The minimum absolute atomic E-state index is 0.820. The Morgan fingerprint density at radius 3 is 2.69 bits per heavy atom. The molecule has 68 valence electrons. The Morgan fingerprint density at radius 1 is 1.15 bits per heavy atom. The highest BCUT2D eigenvalue weighted by atomic mass is 14.5. The van der Waals surface area contributed by atoms with Gasteiger partial charge in [-0.1, -0.05) is 30.7 Å². The predicted octanol–water partition coefficient (Wildman–Crippen LogP) is 3.61. The number of rotatable bonds is 0. The van der Waals surface area contributed by atoms with Gasteiger partial charge in [-0.05, 0) is 48.6 Å². The molecule has 3 aliphatic rings. The van der Waals surface area contributed by atoms with Gasteiger partial charge in [0.15, 0.2) is 0 Å². The summed E-state index contributed by atoms with van der Waals surface area (Å²) < 4.78 is 0. The first-order chi connectivity index (χ1) is 6.25. The molecular formula is C13H16. The van der Waals surface area contributed by atoms with Crippen LogP contribution in [-0.2, 0) is 0 Å². The van der Waals surface area contributed by atoms with Gasteiger partial charge in [0, 0.05) is 0 Å². The van der Waals surface area contributed by atoms with Crippen molar-refractivity contribution in [1.29, 1.82) is 0 Å². The minimum atomic E-state index is 0.820. The normalized spacial score (nSPS) is 35.1. The molecule has 3 aliphatic carbocycles. The van der Waals surface area contributed by atoms with Gasteiger partial charge >= 0.3 is 0 Å². The molecule has 0 radical (unpaired) electrons. The van der Waals surface area contributed by atoms with Crippen LogP contribution in [0, 0.1) is 12.8 Å². The van der Waals surface area contributed by atoms with E-state index >= 15 is 0 Å². The lowest BCUT2D eigenvalue weighted by Crippen LogP contribution is -2.33. The average molecular weight is 172 g/mol. The maximum Gasteiger partial charge on any atom is -0.0153 e. The van der Waals surface area contributed by atoms with Crippen molar-refractivity contribution < 1.29 is 0 Å². The summed E-state index contributed by atoms with van der Waals surface area (Å²) in [7, 11) is 0. The molecule has 1 aromatic rings. The van der Waals surface area contributed by atoms with Gasteiger partial charge in [-0.3, -0.25) is 0 Å². The molecule has 0 heterocycles. The molecule has 4 rings (SSSR count). The Balaban J connectivity index is 2.17. The molecule has 0 saturated heterocycles. The van der Waals surface area contributed by atoms with Crippen molar-refractivity contribution in [3.05, 3.63) is 34.9 Å². The zero-order chi connectivity index (χ0) is 9.00. The molecule has 0 amide bonds. The van der Waals surface area contributed by atoms with Gasteiger partial charge < -0.3 is 0 Å². The van der Waals surface area contributed by atoms with Gasteiger partial charge in [-0.15, -0.1) is 0 Å². The van der Waals surface area contributed by atoms with Crippen LogP contribution in [0.1, 0.15) is 48.3 Å². The highest BCUT2D eigenvalue weighted by molar-refractivity contribution is 5.41. The minimum Gasteiger partial charge on any atom is -0.0590 e. The van der Waals surface area contributed by atoms with E-state index in [1.165, 1.54) is 18.4 Å². The maximum absolute atomic E-state index is 2.41. The number of hydrogen-bond acceptors (Lipinski definition) is 0. The second-order valence-corrected chi connectivity index (χ2v) is 4.85. The fourth-order valence-corrected chi connectivity index (χ4v) is 3.04. The van der Waals surface area contributed by atoms with Crippen LogP contribution in [0.25, 0.3) is 0 Å². The van der Waals surface area contributed by atoms with Crippen LogP contribution in [-0.4, -0.2) is 0 Å². The lowest BCUT2D eigenvalue weighted by atomic mass is 9.58. The quantitative estimate of drug-likeness (QED) is 0.561. The summed E-state index contributed by atoms with van der Waals surface area (Å²) in [4.78, 5) is 0. The largest absolute Gasteiger partial charge is 0.0590 e. The van der Waals surface area contributed by atoms with E-state index in [9.17, 15) is 0 Å². The van der Waals surface area contributed by atoms with E-state index in [-0.39, 0.29) is 0 Å². The Bertz CT molecular complexity index is 345. The Morgan fingerprint density at radius 2 is 1.92 bits per heavy atom. The van der Waals surface area contributed by atoms with E-state index in [0.29, 0.717) is 0 Å². The molecule has 0 nitrogen and oxygen atoms in total. The van der Waals surface area contributed by atoms with Crippen molar-refractivity contribution >= 4 is 0 Å². The van der Waals surface area contributed by atoms with E-state index in [4.69, 9.17) is 0 Å². The van der Waals surface area contributed by atoms with Crippen molar-refractivity contribution in [3.63, 3.8) is 0 Å². The zero-order valence-electron chi connectivity index (χ0n) is 8.38. The van der Waals surface area contributed by atoms with Crippen LogP contribution < -0.4 is 0 Å². The fraction of sp³-hybridized carbons (Fsp3) is 0.538. The van der Waals surface area contributed by atoms with Crippen molar-refractivity contribution in [2.24, 2.45) is 5.92 Å². The van der Waals surface area contributed by atoms with E-state index < -0.39 is 0 Å². The van der Waals surface area contributed by atoms with Gasteiger partial charge in [-0.2, -0.15) is 0 Å². The third kappa shape index (κ3) is 0.919. The van der Waals surface area contributed by atoms with Crippen LogP contribution >= 0.6 is 0 Å². The third-order valence-corrected chi connectivity index (χ3v) is 4.05. The molecule has 1 saturated carbocycles. The van der Waals surface area contributed by atoms with Crippen molar-refractivity contribution in [2.75, 3.05) is 0 Å². The van der Waals surface area contributed by atoms with Gasteiger partial charge in [0.2, 0.25) is 0 Å². The van der Waals surface area contributed by atoms with Crippen molar-refractivity contribution in [3.8, 4) is 0 Å². The fourth-order valence-electron chi connectivity index (χ4n) is 3.04. The first kappa shape index (κ1) is 7.61. The van der Waals surface area contributed by atoms with E-state index in [1.54, 1.807) is 11.1 Å². The highest BCUT2D eigenvalue weighted by Crippen LogP contribution is 2.55. The van der Waals surface area contributed by atoms with Crippen LogP contribution in [0.2, 0.25) is 0 Å². The second-order valence-electron chi connectivity index (χ2n) is 4.85. The monoisotopic (exact) mass is 172 g/mol. The summed E-state index contributed by atoms with van der Waals surface area (Å²) in [6.45, 7) is 4.60. The van der Waals surface area contributed by atoms with Gasteiger partial charge in [0.25, 0.3) is 0 Å². The first-order valence-electron chi connectivity index (χ1n) is 5.36. The highest BCUT2D eigenvalue weighted by Gasteiger charge is 2.41. The predicted molar refractivity (Wildman–Crippen MR) is 55.1 cm³/mol. The molecule has 0 heteroatoms. The summed E-state index contributed by atoms with van der Waals surface area (Å²) >= 11 is 0. The third-order valence-electron chi connectivity index (χ3n) is 4.05. The molecule has 2 bridgehead atoms. The molecule has 1 aromatic carbocycles. The Labute approximate surface area is 80.0 Å². The molecule has 0 aliphatic heterocycles. The summed E-state index contributed by atoms with van der Waals surface area (Å²) in [6.07, 6.45) is 2.91. The van der Waals surface area contributed by atoms with E-state index in [1.807, 2.05) is 0 Å². The molecule has 1 atom stereocenters. The zero-order valence-corrected chi connectivity index (χ0v) is 8.38. The van der Waals surface area contributed by atoms with Crippen molar-refractivity contribution in [1.82, 2.24) is 0 Å². The maximum atomic E-state index is 2.41. The topological polar surface area (TPSA) is 0 Å². The standard InChI is InChI=1S/C13H16/c1-8-3-4-12-9(2)10-6-11(7-10)13(12)5-8/h3-5,9-11H,6-7H2,1-2H3. The summed E-state index contributed by atoms with van der Waals surface area (Å²) in [6, 6.07) is 7.03. The van der Waals surface area contributed by atoms with Crippen molar-refractivity contribution in [2.45, 2.75) is 38.5 Å². The van der Waals surface area contributed by atoms with Crippen LogP contribution in [0.15, 0.2) is 18.2 Å². The van der Waals surface area contributed by atoms with E-state index in [0.717, 1.165) is 17.8 Å². The molecule has 0 N–H and O–H groups in total. The Kier molecular flexibility index (Phi) is 1.39. The molecule has 0 aromatic heterocycles. The molecule has 0 spiro atoms. The number of aryl methyl sites for hydroxylation is 1. The van der Waals surface area contributed by atoms with Gasteiger partial charge in [-0.25, -0.2) is 0 Å². The van der Waals surface area contributed by atoms with Gasteiger partial charge in [0.05, 0.1) is 0 Å². The number of hydrogen-bond donors (Lipinski definition) is 0. The summed E-state index contributed by atoms with van der Waals surface area (Å²) in [5.74, 6) is 2.73. The van der Waals surface area contributed by atoms with Crippen LogP contribution in [0.4, 0.5) is 0 Å². The van der Waals surface area contributed by atoms with Gasteiger partial charge in [0.1, 0.15) is 0 Å². The lowest BCUT2D eigenvalue weighted by molar-refractivity contribution is 0.201. The molecular weight excluding hydrogens is 156 g/mol. The van der Waals surface area contributed by atoms with E-state index in [2.05, 4.69) is 32.0 Å².